The van der Waals surface area contributed by atoms with E-state index >= 15 is 0 Å². The van der Waals surface area contributed by atoms with Gasteiger partial charge >= 0.3 is 18.2 Å². The number of aromatic nitrogens is 3. The fourth-order valence-corrected chi connectivity index (χ4v) is 3.36. The Hall–Kier alpha value is -3.19. The molecule has 0 unspecified atom stereocenters. The van der Waals surface area contributed by atoms with Crippen molar-refractivity contribution in [2.24, 2.45) is 0 Å². The van der Waals surface area contributed by atoms with Crippen LogP contribution in [-0.2, 0) is 5.54 Å². The fourth-order valence-electron chi connectivity index (χ4n) is 3.11. The molecule has 0 radical (unpaired) electrons. The molecular weight excluding hydrogens is 514 g/mol. The highest BCUT2D eigenvalue weighted by Gasteiger charge is 2.57. The molecule has 0 amide bonds. The van der Waals surface area contributed by atoms with Crippen LogP contribution in [0.1, 0.15) is 28.8 Å². The van der Waals surface area contributed by atoms with Crippen molar-refractivity contribution >= 4 is 46.0 Å². The summed E-state index contributed by atoms with van der Waals surface area (Å²) in [5.41, 5.74) is 0.800. The lowest BCUT2D eigenvalue weighted by Crippen LogP contribution is -2.50. The molecule has 0 atom stereocenters. The second-order valence-corrected chi connectivity index (χ2v) is 8.44. The zero-order chi connectivity index (χ0) is 25.4. The quantitative estimate of drug-likeness (QED) is 0.249. The van der Waals surface area contributed by atoms with Gasteiger partial charge in [-0.15, -0.1) is 0 Å². The van der Waals surface area contributed by atoms with E-state index in [9.17, 15) is 28.2 Å². The van der Waals surface area contributed by atoms with Gasteiger partial charge in [0.2, 0.25) is 11.9 Å². The van der Waals surface area contributed by atoms with Crippen molar-refractivity contribution in [2.45, 2.75) is 30.5 Å². The largest absolute Gasteiger partial charge is 0.486 e. The maximum atomic E-state index is 12.9. The van der Waals surface area contributed by atoms with Gasteiger partial charge in [0.15, 0.2) is 0 Å². The Labute approximate surface area is 205 Å². The first-order valence-electron chi connectivity index (χ1n) is 9.95. The van der Waals surface area contributed by atoms with Gasteiger partial charge in [0.25, 0.3) is 5.24 Å². The summed E-state index contributed by atoms with van der Waals surface area (Å²) in [7, 11) is 0. The lowest BCUT2D eigenvalue weighted by atomic mass is 10.1. The number of halogens is 5. The summed E-state index contributed by atoms with van der Waals surface area (Å²) in [5, 5.41) is 24.3. The Balaban J connectivity index is 1.66. The molecule has 2 aromatic carbocycles. The molecule has 1 aromatic heterocycles. The molecule has 1 aliphatic carbocycles. The van der Waals surface area contributed by atoms with Gasteiger partial charge in [0, 0.05) is 16.3 Å². The number of carbonyl (C=O) groups excluding carboxylic acids is 1. The smallest absolute Gasteiger partial charge is 0.398 e. The number of nitrogens with one attached hydrogen (secondary N) is 2. The van der Waals surface area contributed by atoms with Crippen LogP contribution in [0, 0.1) is 0 Å². The Morgan fingerprint density at radius 2 is 1.57 bits per heavy atom. The van der Waals surface area contributed by atoms with Crippen LogP contribution in [0.4, 0.5) is 30.8 Å². The number of aliphatic hydroxyl groups is 2. The molecule has 4 N–H and O–H groups in total. The van der Waals surface area contributed by atoms with Crippen LogP contribution in [0.2, 0.25) is 5.02 Å². The van der Waals surface area contributed by atoms with Crippen LogP contribution in [-0.4, -0.2) is 42.6 Å². The van der Waals surface area contributed by atoms with Gasteiger partial charge < -0.3 is 25.6 Å². The van der Waals surface area contributed by atoms with Gasteiger partial charge in [-0.1, -0.05) is 23.7 Å². The topological polar surface area (TPSA) is 129 Å². The molecule has 14 heteroatoms. The van der Waals surface area contributed by atoms with Gasteiger partial charge in [-0.05, 0) is 66.4 Å². The van der Waals surface area contributed by atoms with Gasteiger partial charge in [-0.2, -0.15) is 28.1 Å². The predicted octanol–water partition coefficient (Wildman–Crippen LogP) is 4.33. The van der Waals surface area contributed by atoms with Gasteiger partial charge in [0.1, 0.15) is 0 Å². The van der Waals surface area contributed by atoms with Gasteiger partial charge in [0.05, 0.1) is 5.54 Å². The highest BCUT2D eigenvalue weighted by Crippen LogP contribution is 2.48. The summed E-state index contributed by atoms with van der Waals surface area (Å²) < 4.78 is 43.0. The average molecular weight is 530 g/mol. The number of anilines is 3. The first-order chi connectivity index (χ1) is 16.4. The van der Waals surface area contributed by atoms with Gasteiger partial charge in [-0.3, -0.25) is 4.79 Å². The Morgan fingerprint density at radius 3 is 2.11 bits per heavy atom. The number of hydrogen-bond donors (Lipinski definition) is 4. The molecule has 0 aliphatic heterocycles. The summed E-state index contributed by atoms with van der Waals surface area (Å²) in [4.78, 5) is 22.9. The third-order valence-corrected chi connectivity index (χ3v) is 5.55. The molecule has 3 aromatic rings. The fraction of sp³-hybridized carbons (Fsp3) is 0.238. The molecule has 9 nitrogen and oxygen atoms in total. The molecule has 0 spiro atoms. The minimum absolute atomic E-state index is 0.185. The van der Waals surface area contributed by atoms with E-state index in [1.165, 1.54) is 24.3 Å². The monoisotopic (exact) mass is 529 g/mol. The molecule has 0 bridgehead atoms. The first-order valence-corrected chi connectivity index (χ1v) is 10.7. The number of carbonyl (C=O) groups is 1. The molecule has 0 saturated heterocycles. The molecule has 4 rings (SSSR count). The predicted molar refractivity (Wildman–Crippen MR) is 120 cm³/mol. The van der Waals surface area contributed by atoms with Crippen molar-refractivity contribution in [3.05, 3.63) is 64.7 Å². The van der Waals surface area contributed by atoms with Crippen LogP contribution in [0.15, 0.2) is 48.5 Å². The van der Waals surface area contributed by atoms with Crippen LogP contribution < -0.4 is 15.4 Å². The Kier molecular flexibility index (Phi) is 6.49. The summed E-state index contributed by atoms with van der Waals surface area (Å²) in [6, 6.07) is 11.7. The molecule has 1 fully saturated rings. The highest BCUT2D eigenvalue weighted by atomic mass is 35.5. The zero-order valence-electron chi connectivity index (χ0n) is 17.5. The third kappa shape index (κ3) is 5.73. The van der Waals surface area contributed by atoms with Crippen LogP contribution in [0.3, 0.4) is 0 Å². The van der Waals surface area contributed by atoms with Crippen LogP contribution >= 0.6 is 23.2 Å². The SMILES string of the molecule is O=C(Cl)c1ccc(Nc2nc(NC3(c4ccc(Cl)cc4)CC3)nc(OC(O)(O)C(F)(F)F)n2)cc1. The number of hydrogen-bond acceptors (Lipinski definition) is 9. The van der Waals surface area contributed by atoms with E-state index < -0.39 is 28.9 Å². The summed E-state index contributed by atoms with van der Waals surface area (Å²) in [6.07, 6.45) is -4.22. The molecule has 1 aliphatic rings. The van der Waals surface area contributed by atoms with Crippen molar-refractivity contribution in [3.63, 3.8) is 0 Å². The zero-order valence-corrected chi connectivity index (χ0v) is 19.0. The van der Waals surface area contributed by atoms with E-state index in [4.69, 9.17) is 23.2 Å². The average Bonchev–Trinajstić information content (AvgIpc) is 3.53. The number of alkyl halides is 3. The first kappa shape index (κ1) is 24.9. The lowest BCUT2D eigenvalue weighted by Gasteiger charge is -2.24. The van der Waals surface area contributed by atoms with Crippen molar-refractivity contribution in [1.29, 1.82) is 0 Å². The van der Waals surface area contributed by atoms with Crippen LogP contribution in [0.5, 0.6) is 6.01 Å². The summed E-state index contributed by atoms with van der Waals surface area (Å²) >= 11 is 11.4. The van der Waals surface area contributed by atoms with Crippen molar-refractivity contribution in [3.8, 4) is 6.01 Å². The number of benzene rings is 2. The Bertz CT molecular complexity index is 1240. The second-order valence-electron chi connectivity index (χ2n) is 7.66. The summed E-state index contributed by atoms with van der Waals surface area (Å²) in [5.74, 6) is -5.00. The van der Waals surface area contributed by atoms with E-state index in [1.54, 1.807) is 24.3 Å². The minimum Gasteiger partial charge on any atom is -0.398 e. The minimum atomic E-state index is -5.55. The molecule has 35 heavy (non-hydrogen) atoms. The van der Waals surface area contributed by atoms with E-state index in [-0.39, 0.29) is 17.5 Å². The van der Waals surface area contributed by atoms with Gasteiger partial charge in [-0.25, -0.2) is 0 Å². The summed E-state index contributed by atoms with van der Waals surface area (Å²) in [6.45, 7) is 0. The Morgan fingerprint density at radius 1 is 0.971 bits per heavy atom. The van der Waals surface area contributed by atoms with Crippen LogP contribution in [0.25, 0.3) is 0 Å². The number of ether oxygens (including phenoxy) is 1. The molecule has 1 saturated carbocycles. The normalized spacial score (nSPS) is 14.8. The third-order valence-electron chi connectivity index (χ3n) is 5.08. The van der Waals surface area contributed by atoms with Crippen molar-refractivity contribution < 1.29 is 32.9 Å². The van der Waals surface area contributed by atoms with E-state index in [0.717, 1.165) is 5.56 Å². The standard InChI is InChI=1S/C21H16Cl2F3N5O4/c22-13-5-3-12(4-6-13)19(9-10-19)31-17-28-16(27-14-7-1-11(2-8-14)15(23)32)29-18(30-17)35-21(33,34)20(24,25)26/h1-8,33-34H,9-10H2,(H2,27,28,29,30,31). The molecular formula is C21H16Cl2F3N5O4. The lowest BCUT2D eigenvalue weighted by molar-refractivity contribution is -0.430. The maximum Gasteiger partial charge on any atom is 0.486 e. The number of nitrogens with zero attached hydrogens (tertiary/aromatic N) is 3. The molecule has 184 valence electrons. The van der Waals surface area contributed by atoms with Crippen molar-refractivity contribution in [1.82, 2.24) is 15.0 Å². The van der Waals surface area contributed by atoms with E-state index in [2.05, 4.69) is 30.3 Å². The van der Waals surface area contributed by atoms with E-state index in [1.807, 2.05) is 0 Å². The van der Waals surface area contributed by atoms with Crippen molar-refractivity contribution in [2.75, 3.05) is 10.6 Å². The maximum absolute atomic E-state index is 12.9. The molecule has 1 heterocycles. The number of rotatable bonds is 8. The highest BCUT2D eigenvalue weighted by molar-refractivity contribution is 6.67. The van der Waals surface area contributed by atoms with E-state index in [0.29, 0.717) is 23.6 Å². The second kappa shape index (κ2) is 9.11.